The third kappa shape index (κ3) is 2.35. The highest BCUT2D eigenvalue weighted by Crippen LogP contribution is 2.53. The lowest BCUT2D eigenvalue weighted by Gasteiger charge is -2.52. The Morgan fingerprint density at radius 1 is 1.38 bits per heavy atom. The minimum absolute atomic E-state index is 0.0761. The summed E-state index contributed by atoms with van der Waals surface area (Å²) < 4.78 is 0. The minimum atomic E-state index is -0.673. The van der Waals surface area contributed by atoms with Gasteiger partial charge in [0, 0.05) is 29.6 Å². The third-order valence-corrected chi connectivity index (χ3v) is 6.38. The molecule has 0 radical (unpaired) electrons. The van der Waals surface area contributed by atoms with Gasteiger partial charge in [0.25, 0.3) is 0 Å². The Hall–Kier alpha value is -1.81. The second-order valence-corrected chi connectivity index (χ2v) is 7.46. The van der Waals surface area contributed by atoms with Crippen LogP contribution in [0.3, 0.4) is 0 Å². The average molecular weight is 326 g/mol. The van der Waals surface area contributed by atoms with Gasteiger partial charge >= 0.3 is 5.97 Å². The summed E-state index contributed by atoms with van der Waals surface area (Å²) >= 11 is 0. The van der Waals surface area contributed by atoms with Crippen molar-refractivity contribution in [2.75, 3.05) is 13.1 Å². The first-order valence-electron chi connectivity index (χ1n) is 9.20. The molecular weight excluding hydrogens is 300 g/mol. The van der Waals surface area contributed by atoms with Crippen LogP contribution < -0.4 is 0 Å². The van der Waals surface area contributed by atoms with Gasteiger partial charge in [0.15, 0.2) is 0 Å². The number of fused-ring (bicyclic) bond motifs is 5. The SMILES string of the molecule is CCC1(CCC(=O)O)CCCN2CCc3c([nH]c4ccccc34)C21. The van der Waals surface area contributed by atoms with E-state index < -0.39 is 5.97 Å². The van der Waals surface area contributed by atoms with Crippen LogP contribution in [0.15, 0.2) is 24.3 Å². The zero-order valence-electron chi connectivity index (χ0n) is 14.3. The highest BCUT2D eigenvalue weighted by Gasteiger charge is 2.47. The topological polar surface area (TPSA) is 56.3 Å². The van der Waals surface area contributed by atoms with Crippen LogP contribution in [0.25, 0.3) is 10.9 Å². The Morgan fingerprint density at radius 3 is 3.00 bits per heavy atom. The first kappa shape index (κ1) is 15.7. The molecule has 2 aliphatic heterocycles. The summed E-state index contributed by atoms with van der Waals surface area (Å²) in [5, 5.41) is 10.6. The normalized spacial score (nSPS) is 27.0. The molecule has 0 aliphatic carbocycles. The van der Waals surface area contributed by atoms with Crippen LogP contribution >= 0.6 is 0 Å². The van der Waals surface area contributed by atoms with E-state index in [0.717, 1.165) is 38.8 Å². The molecule has 0 bridgehead atoms. The number of piperidine rings is 1. The Bertz CT molecular complexity index is 766. The summed E-state index contributed by atoms with van der Waals surface area (Å²) in [6, 6.07) is 8.91. The highest BCUT2D eigenvalue weighted by molar-refractivity contribution is 5.85. The van der Waals surface area contributed by atoms with Gasteiger partial charge in [0.1, 0.15) is 0 Å². The number of aliphatic carboxylic acids is 1. The van der Waals surface area contributed by atoms with E-state index in [-0.39, 0.29) is 11.8 Å². The maximum atomic E-state index is 11.2. The number of carboxylic acid groups (broad SMARTS) is 1. The predicted octanol–water partition coefficient (Wildman–Crippen LogP) is 4.12. The summed E-state index contributed by atoms with van der Waals surface area (Å²) in [6.45, 7) is 4.46. The van der Waals surface area contributed by atoms with Gasteiger partial charge in [-0.25, -0.2) is 0 Å². The summed E-state index contributed by atoms with van der Waals surface area (Å²) in [7, 11) is 0. The van der Waals surface area contributed by atoms with Gasteiger partial charge in [-0.1, -0.05) is 25.1 Å². The number of aromatic amines is 1. The number of para-hydroxylation sites is 1. The lowest BCUT2D eigenvalue weighted by atomic mass is 9.65. The molecule has 0 amide bonds. The van der Waals surface area contributed by atoms with Crippen molar-refractivity contribution in [3.05, 3.63) is 35.5 Å². The van der Waals surface area contributed by atoms with Crippen molar-refractivity contribution in [3.63, 3.8) is 0 Å². The molecule has 0 spiro atoms. The number of carbonyl (C=O) groups is 1. The van der Waals surface area contributed by atoms with E-state index in [9.17, 15) is 9.90 Å². The number of aromatic nitrogens is 1. The van der Waals surface area contributed by atoms with Crippen LogP contribution in [0.1, 0.15) is 56.3 Å². The Balaban J connectivity index is 1.81. The van der Waals surface area contributed by atoms with Gasteiger partial charge in [0.2, 0.25) is 0 Å². The summed E-state index contributed by atoms with van der Waals surface area (Å²) in [5.41, 5.74) is 4.11. The molecule has 2 aromatic rings. The van der Waals surface area contributed by atoms with Gasteiger partial charge < -0.3 is 10.1 Å². The lowest BCUT2D eigenvalue weighted by molar-refractivity contribution is -0.138. The summed E-state index contributed by atoms with van der Waals surface area (Å²) in [4.78, 5) is 17.5. The van der Waals surface area contributed by atoms with Crippen LogP contribution in [0.4, 0.5) is 0 Å². The van der Waals surface area contributed by atoms with Gasteiger partial charge in [-0.05, 0) is 55.7 Å². The zero-order chi connectivity index (χ0) is 16.7. The first-order chi connectivity index (χ1) is 11.6. The van der Waals surface area contributed by atoms with Gasteiger partial charge in [-0.2, -0.15) is 0 Å². The number of nitrogens with zero attached hydrogens (tertiary/aromatic N) is 1. The Labute approximate surface area is 142 Å². The molecule has 4 nitrogen and oxygen atoms in total. The molecule has 128 valence electrons. The molecule has 4 rings (SSSR count). The van der Waals surface area contributed by atoms with Crippen LogP contribution in [0, 0.1) is 5.41 Å². The molecule has 3 heterocycles. The molecule has 2 atom stereocenters. The Kier molecular flexibility index (Phi) is 3.87. The minimum Gasteiger partial charge on any atom is -0.481 e. The molecule has 24 heavy (non-hydrogen) atoms. The molecular formula is C20H26N2O2. The summed E-state index contributed by atoms with van der Waals surface area (Å²) in [6.07, 6.45) is 5.49. The van der Waals surface area contributed by atoms with Gasteiger partial charge in [-0.3, -0.25) is 9.69 Å². The summed E-state index contributed by atoms with van der Waals surface area (Å²) in [5.74, 6) is -0.673. The van der Waals surface area contributed by atoms with E-state index in [0.29, 0.717) is 6.04 Å². The molecule has 1 aromatic carbocycles. The number of nitrogens with one attached hydrogen (secondary N) is 1. The smallest absolute Gasteiger partial charge is 0.303 e. The number of hydrogen-bond acceptors (Lipinski definition) is 2. The number of H-pyrrole nitrogens is 1. The quantitative estimate of drug-likeness (QED) is 0.888. The molecule has 2 N–H and O–H groups in total. The van der Waals surface area contributed by atoms with E-state index in [2.05, 4.69) is 41.1 Å². The van der Waals surface area contributed by atoms with Crippen molar-refractivity contribution in [2.24, 2.45) is 5.41 Å². The van der Waals surface area contributed by atoms with Crippen LogP contribution in [-0.2, 0) is 11.2 Å². The number of rotatable bonds is 4. The fourth-order valence-electron chi connectivity index (χ4n) is 5.16. The largest absolute Gasteiger partial charge is 0.481 e. The lowest BCUT2D eigenvalue weighted by Crippen LogP contribution is -2.49. The standard InChI is InChI=1S/C20H26N2O2/c1-2-20(11-8-17(23)24)10-5-12-22-13-9-15-14-6-3-4-7-16(14)21-18(15)19(20)22/h3-4,6-7,19,21H,2,5,8-13H2,1H3,(H,23,24). The van der Waals surface area contributed by atoms with Gasteiger partial charge in [0.05, 0.1) is 6.04 Å². The van der Waals surface area contributed by atoms with Crippen molar-refractivity contribution in [1.82, 2.24) is 9.88 Å². The van der Waals surface area contributed by atoms with Crippen LogP contribution in [-0.4, -0.2) is 34.0 Å². The zero-order valence-corrected chi connectivity index (χ0v) is 14.3. The average Bonchev–Trinajstić information content (AvgIpc) is 2.98. The second kappa shape index (κ2) is 5.92. The second-order valence-electron chi connectivity index (χ2n) is 7.46. The van der Waals surface area contributed by atoms with Gasteiger partial charge in [-0.15, -0.1) is 0 Å². The fraction of sp³-hybridized carbons (Fsp3) is 0.550. The van der Waals surface area contributed by atoms with E-state index in [1.54, 1.807) is 0 Å². The molecule has 2 unspecified atom stereocenters. The number of carboxylic acids is 1. The van der Waals surface area contributed by atoms with Crippen LogP contribution in [0.5, 0.6) is 0 Å². The number of hydrogen-bond donors (Lipinski definition) is 2. The maximum Gasteiger partial charge on any atom is 0.303 e. The van der Waals surface area contributed by atoms with Crippen molar-refractivity contribution in [1.29, 1.82) is 0 Å². The maximum absolute atomic E-state index is 11.2. The van der Waals surface area contributed by atoms with E-state index in [1.165, 1.54) is 28.6 Å². The van der Waals surface area contributed by atoms with E-state index >= 15 is 0 Å². The predicted molar refractivity (Wildman–Crippen MR) is 95.1 cm³/mol. The molecule has 1 saturated heterocycles. The van der Waals surface area contributed by atoms with E-state index in [1.807, 2.05) is 0 Å². The van der Waals surface area contributed by atoms with E-state index in [4.69, 9.17) is 0 Å². The molecule has 1 aromatic heterocycles. The Morgan fingerprint density at radius 2 is 2.21 bits per heavy atom. The third-order valence-electron chi connectivity index (χ3n) is 6.38. The molecule has 1 fully saturated rings. The highest BCUT2D eigenvalue weighted by atomic mass is 16.4. The first-order valence-corrected chi connectivity index (χ1v) is 9.20. The van der Waals surface area contributed by atoms with Crippen molar-refractivity contribution < 1.29 is 9.90 Å². The molecule has 2 aliphatic rings. The van der Waals surface area contributed by atoms with Crippen molar-refractivity contribution >= 4 is 16.9 Å². The fourth-order valence-corrected chi connectivity index (χ4v) is 5.16. The van der Waals surface area contributed by atoms with Crippen LogP contribution in [0.2, 0.25) is 0 Å². The van der Waals surface area contributed by atoms with Crippen molar-refractivity contribution in [3.8, 4) is 0 Å². The van der Waals surface area contributed by atoms with Crippen molar-refractivity contribution in [2.45, 2.75) is 51.5 Å². The molecule has 0 saturated carbocycles. The monoisotopic (exact) mass is 326 g/mol. The molecule has 4 heteroatoms. The number of benzene rings is 1.